The lowest BCUT2D eigenvalue weighted by atomic mass is 9.74. The second-order valence-electron chi connectivity index (χ2n) is 8.05. The fourth-order valence-electron chi connectivity index (χ4n) is 4.38. The van der Waals surface area contributed by atoms with E-state index in [0.717, 1.165) is 0 Å². The number of aryl methyl sites for hydroxylation is 4. The Bertz CT molecular complexity index is 741. The van der Waals surface area contributed by atoms with Crippen molar-refractivity contribution in [2.45, 2.75) is 47.5 Å². The van der Waals surface area contributed by atoms with Crippen LogP contribution >= 0.6 is 0 Å². The molecule has 0 aliphatic heterocycles. The van der Waals surface area contributed by atoms with Gasteiger partial charge < -0.3 is 0 Å². The Balaban J connectivity index is 2.18. The van der Waals surface area contributed by atoms with Crippen LogP contribution in [0, 0.1) is 39.5 Å². The summed E-state index contributed by atoms with van der Waals surface area (Å²) in [6, 6.07) is 14.0. The lowest BCUT2D eigenvalue weighted by molar-refractivity contribution is 0.580. The third-order valence-electron chi connectivity index (χ3n) is 5.22. The summed E-state index contributed by atoms with van der Waals surface area (Å²) in [6.07, 6.45) is 6.97. The van der Waals surface area contributed by atoms with Crippen molar-refractivity contribution in [3.8, 4) is 0 Å². The van der Waals surface area contributed by atoms with Crippen molar-refractivity contribution in [1.82, 2.24) is 0 Å². The van der Waals surface area contributed by atoms with Gasteiger partial charge in [-0.3, -0.25) is 0 Å². The summed E-state index contributed by atoms with van der Waals surface area (Å²) in [6.45, 7) is 13.5. The fourth-order valence-corrected chi connectivity index (χ4v) is 4.38. The lowest BCUT2D eigenvalue weighted by Gasteiger charge is -2.29. The molecule has 3 rings (SSSR count). The molecule has 0 amide bonds. The van der Waals surface area contributed by atoms with E-state index >= 15 is 0 Å². The van der Waals surface area contributed by atoms with Crippen LogP contribution in [0.25, 0.3) is 0 Å². The fraction of sp³-hybridized carbons (Fsp3) is 0.360. The third kappa shape index (κ3) is 3.79. The van der Waals surface area contributed by atoms with Crippen molar-refractivity contribution in [2.75, 3.05) is 0 Å². The van der Waals surface area contributed by atoms with Gasteiger partial charge in [-0.15, -0.1) is 0 Å². The zero-order valence-electron chi connectivity index (χ0n) is 16.4. The van der Waals surface area contributed by atoms with Crippen LogP contribution in [0.5, 0.6) is 0 Å². The van der Waals surface area contributed by atoms with Crippen molar-refractivity contribution in [3.63, 3.8) is 0 Å². The Labute approximate surface area is 153 Å². The molecule has 1 aliphatic rings. The summed E-state index contributed by atoms with van der Waals surface area (Å²) in [5.41, 5.74) is 9.81. The van der Waals surface area contributed by atoms with Gasteiger partial charge in [0.15, 0.2) is 0 Å². The summed E-state index contributed by atoms with van der Waals surface area (Å²) in [5.74, 6) is 1.39. The maximum Gasteiger partial charge on any atom is 0.0190 e. The molecule has 1 atom stereocenters. The van der Waals surface area contributed by atoms with Gasteiger partial charge in [0.05, 0.1) is 0 Å². The molecule has 1 aliphatic carbocycles. The van der Waals surface area contributed by atoms with Crippen LogP contribution in [-0.2, 0) is 0 Å². The highest BCUT2D eigenvalue weighted by molar-refractivity contribution is 5.46. The molecule has 0 saturated heterocycles. The van der Waals surface area contributed by atoms with Crippen molar-refractivity contribution >= 4 is 0 Å². The Morgan fingerprint density at radius 2 is 1.12 bits per heavy atom. The molecule has 0 saturated carbocycles. The Kier molecular flexibility index (Phi) is 4.99. The molecule has 0 nitrogen and oxygen atoms in total. The first kappa shape index (κ1) is 17.7. The van der Waals surface area contributed by atoms with E-state index in [1.54, 1.807) is 5.57 Å². The van der Waals surface area contributed by atoms with E-state index in [1.165, 1.54) is 33.4 Å². The highest BCUT2D eigenvalue weighted by atomic mass is 14.3. The maximum atomic E-state index is 2.40. The quantitative estimate of drug-likeness (QED) is 0.577. The first-order valence-corrected chi connectivity index (χ1v) is 9.40. The van der Waals surface area contributed by atoms with Gasteiger partial charge >= 0.3 is 0 Å². The van der Waals surface area contributed by atoms with Crippen molar-refractivity contribution < 1.29 is 0 Å². The second-order valence-corrected chi connectivity index (χ2v) is 8.05. The first-order chi connectivity index (χ1) is 11.8. The van der Waals surface area contributed by atoms with Crippen LogP contribution < -0.4 is 0 Å². The third-order valence-corrected chi connectivity index (χ3v) is 5.22. The number of rotatable bonds is 4. The number of hydrogen-bond donors (Lipinski definition) is 0. The molecule has 25 heavy (non-hydrogen) atoms. The van der Waals surface area contributed by atoms with E-state index in [0.29, 0.717) is 17.8 Å². The minimum Gasteiger partial charge on any atom is -0.0764 e. The van der Waals surface area contributed by atoms with Crippen molar-refractivity contribution in [3.05, 3.63) is 93.6 Å². The minimum absolute atomic E-state index is 0.379. The normalized spacial score (nSPS) is 16.8. The standard InChI is InChI=1S/C25H30/c1-16(2)23-8-7-9-24(23)25(21-12-17(3)10-18(4)13-21)22-14-19(5)11-20(6)15-22/h7-16,24-25H,1-6H3. The SMILES string of the molecule is Cc1cc(C)cc(C(c2cc(C)cc(C)c2)C2C=CC=C2C(C)C)c1. The van der Waals surface area contributed by atoms with E-state index < -0.39 is 0 Å². The molecule has 0 radical (unpaired) electrons. The van der Waals surface area contributed by atoms with Gasteiger partial charge in [0, 0.05) is 11.8 Å². The van der Waals surface area contributed by atoms with Crippen LogP contribution in [0.2, 0.25) is 0 Å². The Morgan fingerprint density at radius 3 is 1.52 bits per heavy atom. The summed E-state index contributed by atoms with van der Waals surface area (Å²) >= 11 is 0. The van der Waals surface area contributed by atoms with E-state index in [9.17, 15) is 0 Å². The molecule has 0 spiro atoms. The average molecular weight is 331 g/mol. The molecule has 0 aromatic heterocycles. The van der Waals surface area contributed by atoms with Gasteiger partial charge in [0.1, 0.15) is 0 Å². The smallest absolute Gasteiger partial charge is 0.0190 e. The molecule has 0 heteroatoms. The summed E-state index contributed by atoms with van der Waals surface area (Å²) in [5, 5.41) is 0. The van der Waals surface area contributed by atoms with E-state index in [4.69, 9.17) is 0 Å². The molecule has 0 heterocycles. The molecule has 0 fully saturated rings. The number of benzene rings is 2. The van der Waals surface area contributed by atoms with Gasteiger partial charge in [-0.2, -0.15) is 0 Å². The largest absolute Gasteiger partial charge is 0.0764 e. The van der Waals surface area contributed by atoms with E-state index in [1.807, 2.05) is 0 Å². The Hall–Kier alpha value is -2.08. The van der Waals surface area contributed by atoms with Crippen LogP contribution in [0.4, 0.5) is 0 Å². The highest BCUT2D eigenvalue weighted by Gasteiger charge is 2.29. The zero-order chi connectivity index (χ0) is 18.1. The van der Waals surface area contributed by atoms with Crippen molar-refractivity contribution in [1.29, 1.82) is 0 Å². The minimum atomic E-state index is 0.379. The molecule has 0 N–H and O–H groups in total. The van der Waals surface area contributed by atoms with Crippen LogP contribution in [0.15, 0.2) is 60.2 Å². The Morgan fingerprint density at radius 1 is 0.680 bits per heavy atom. The zero-order valence-corrected chi connectivity index (χ0v) is 16.4. The second kappa shape index (κ2) is 7.04. The van der Waals surface area contributed by atoms with E-state index in [-0.39, 0.29) is 0 Å². The monoisotopic (exact) mass is 330 g/mol. The van der Waals surface area contributed by atoms with Crippen molar-refractivity contribution in [2.24, 2.45) is 11.8 Å². The molecular formula is C25H30. The average Bonchev–Trinajstić information content (AvgIpc) is 2.94. The van der Waals surface area contributed by atoms with Gasteiger partial charge in [-0.1, -0.05) is 96.3 Å². The molecule has 1 unspecified atom stereocenters. The number of allylic oxidation sites excluding steroid dienone is 4. The summed E-state index contributed by atoms with van der Waals surface area (Å²) in [4.78, 5) is 0. The predicted molar refractivity (Wildman–Crippen MR) is 109 cm³/mol. The topological polar surface area (TPSA) is 0 Å². The van der Waals surface area contributed by atoms with E-state index in [2.05, 4.69) is 96.2 Å². The molecule has 130 valence electrons. The predicted octanol–water partition coefficient (Wildman–Crippen LogP) is 6.82. The first-order valence-electron chi connectivity index (χ1n) is 9.40. The molecule has 2 aromatic rings. The van der Waals surface area contributed by atoms with Crippen LogP contribution in [0.1, 0.15) is 53.1 Å². The van der Waals surface area contributed by atoms with Gasteiger partial charge in [0.2, 0.25) is 0 Å². The molecular weight excluding hydrogens is 300 g/mol. The maximum absolute atomic E-state index is 2.40. The molecule has 2 aromatic carbocycles. The number of hydrogen-bond acceptors (Lipinski definition) is 0. The summed E-state index contributed by atoms with van der Waals surface area (Å²) in [7, 11) is 0. The highest BCUT2D eigenvalue weighted by Crippen LogP contribution is 2.42. The van der Waals surface area contributed by atoms with Gasteiger partial charge in [-0.25, -0.2) is 0 Å². The van der Waals surface area contributed by atoms with Gasteiger partial charge in [-0.05, 0) is 44.7 Å². The molecule has 0 bridgehead atoms. The van der Waals surface area contributed by atoms with Crippen LogP contribution in [-0.4, -0.2) is 0 Å². The van der Waals surface area contributed by atoms with Crippen LogP contribution in [0.3, 0.4) is 0 Å². The lowest BCUT2D eigenvalue weighted by Crippen LogP contribution is -2.17. The van der Waals surface area contributed by atoms with Gasteiger partial charge in [0.25, 0.3) is 0 Å². The summed E-state index contributed by atoms with van der Waals surface area (Å²) < 4.78 is 0.